The highest BCUT2D eigenvalue weighted by atomic mass is 32.1. The van der Waals surface area contributed by atoms with Crippen molar-refractivity contribution >= 4 is 20.1 Å². The molecule has 0 fully saturated rings. The van der Waals surface area contributed by atoms with Gasteiger partial charge in [0.25, 0.3) is 0 Å². The normalized spacial score (nSPS) is 14.4. The molecule has 1 rings (SSSR count). The minimum Gasteiger partial charge on any atom is -0.381 e. The third-order valence-corrected chi connectivity index (χ3v) is 9.70. The molecule has 1 heterocycles. The van der Waals surface area contributed by atoms with Crippen LogP contribution in [0.5, 0.6) is 0 Å². The van der Waals surface area contributed by atoms with Gasteiger partial charge in [-0.3, -0.25) is 0 Å². The first kappa shape index (κ1) is 20.9. The Morgan fingerprint density at radius 3 is 2.38 bits per heavy atom. The molecule has 1 aromatic rings. The Morgan fingerprint density at radius 1 is 1.25 bits per heavy atom. The minimum absolute atomic E-state index is 0.201. The lowest BCUT2D eigenvalue weighted by molar-refractivity contribution is 0.106. The van der Waals surface area contributed by atoms with Crippen molar-refractivity contribution in [2.24, 2.45) is 5.92 Å². The van der Waals surface area contributed by atoms with E-state index in [1.165, 1.54) is 11.3 Å². The van der Waals surface area contributed by atoms with E-state index in [2.05, 4.69) is 52.9 Å². The molecule has 0 spiro atoms. The number of nitrogens with zero attached hydrogens (tertiary/aromatic N) is 2. The second-order valence-electron chi connectivity index (χ2n) is 7.81. The van der Waals surface area contributed by atoms with Crippen LogP contribution >= 0.6 is 11.3 Å². The van der Waals surface area contributed by atoms with Crippen LogP contribution in [0.15, 0.2) is 12.1 Å². The molecule has 0 N–H and O–H groups in total. The van der Waals surface area contributed by atoms with Gasteiger partial charge >= 0.3 is 0 Å². The summed E-state index contributed by atoms with van der Waals surface area (Å²) in [4.78, 5) is 1.68. The average Bonchev–Trinajstić information content (AvgIpc) is 2.99. The van der Waals surface area contributed by atoms with Gasteiger partial charge in [0.1, 0.15) is 10.9 Å². The zero-order valence-corrected chi connectivity index (χ0v) is 17.8. The van der Waals surface area contributed by atoms with Crippen LogP contribution in [-0.4, -0.2) is 22.0 Å². The molecule has 0 aliphatic heterocycles. The highest BCUT2D eigenvalue weighted by molar-refractivity contribution is 7.12. The Morgan fingerprint density at radius 2 is 1.92 bits per heavy atom. The fourth-order valence-electron chi connectivity index (χ4n) is 2.53. The maximum absolute atomic E-state index is 9.88. The average molecular weight is 363 g/mol. The molecule has 1 unspecified atom stereocenters. The van der Waals surface area contributed by atoms with E-state index >= 15 is 0 Å². The van der Waals surface area contributed by atoms with E-state index in [1.807, 2.05) is 12.1 Å². The van der Waals surface area contributed by atoms with Crippen molar-refractivity contribution in [3.63, 3.8) is 0 Å². The van der Waals surface area contributed by atoms with Crippen LogP contribution in [0, 0.1) is 28.6 Å². The topological polar surface area (TPSA) is 56.8 Å². The molecule has 132 valence electrons. The van der Waals surface area contributed by atoms with Crippen LogP contribution in [0.3, 0.4) is 0 Å². The van der Waals surface area contributed by atoms with Gasteiger partial charge in [0.15, 0.2) is 0 Å². The van der Waals surface area contributed by atoms with Gasteiger partial charge in [-0.05, 0) is 35.9 Å². The lowest BCUT2D eigenvalue weighted by Gasteiger charge is -2.31. The van der Waals surface area contributed by atoms with Crippen molar-refractivity contribution in [2.75, 3.05) is 13.2 Å². The molecule has 1 aromatic heterocycles. The Bertz CT molecular complexity index is 610. The predicted molar refractivity (Wildman–Crippen MR) is 104 cm³/mol. The monoisotopic (exact) mass is 362 g/mol. The highest BCUT2D eigenvalue weighted by Crippen LogP contribution is 2.40. The summed E-state index contributed by atoms with van der Waals surface area (Å²) in [6, 6.07) is 8.49. The maximum atomic E-state index is 9.88. The molecule has 0 amide bonds. The van der Waals surface area contributed by atoms with Crippen LogP contribution in [-0.2, 0) is 10.2 Å². The molecule has 3 nitrogen and oxygen atoms in total. The smallest absolute Gasteiger partial charge is 0.110 e. The Balaban J connectivity index is 2.69. The van der Waals surface area contributed by atoms with Crippen LogP contribution in [0.25, 0.3) is 0 Å². The zero-order chi connectivity index (χ0) is 18.4. The van der Waals surface area contributed by atoms with Crippen LogP contribution < -0.4 is 0 Å². The van der Waals surface area contributed by atoms with Gasteiger partial charge in [-0.15, -0.1) is 11.3 Å². The molecule has 0 aromatic carbocycles. The lowest BCUT2D eigenvalue weighted by Crippen LogP contribution is -2.30. The maximum Gasteiger partial charge on any atom is 0.110 e. The van der Waals surface area contributed by atoms with Crippen molar-refractivity contribution in [3.8, 4) is 12.1 Å². The second kappa shape index (κ2) is 8.81. The number of ether oxygens (including phenoxy) is 1. The van der Waals surface area contributed by atoms with Crippen LogP contribution in [0.4, 0.5) is 0 Å². The van der Waals surface area contributed by atoms with Crippen LogP contribution in [0.1, 0.15) is 50.3 Å². The van der Waals surface area contributed by atoms with Crippen molar-refractivity contribution in [1.29, 1.82) is 10.5 Å². The molecule has 0 radical (unpaired) electrons. The number of nitriles is 2. The van der Waals surface area contributed by atoms with Crippen molar-refractivity contribution in [1.82, 2.24) is 0 Å². The van der Waals surface area contributed by atoms with E-state index in [4.69, 9.17) is 10.00 Å². The van der Waals surface area contributed by atoms with Crippen molar-refractivity contribution in [3.05, 3.63) is 21.9 Å². The van der Waals surface area contributed by atoms with Gasteiger partial charge in [0, 0.05) is 26.9 Å². The van der Waals surface area contributed by atoms with E-state index in [1.54, 1.807) is 0 Å². The summed E-state index contributed by atoms with van der Waals surface area (Å²) in [6.45, 7) is 14.9. The molecule has 0 saturated heterocycles. The Hall–Kier alpha value is -1.14. The van der Waals surface area contributed by atoms with Crippen LogP contribution in [0.2, 0.25) is 18.1 Å². The first-order valence-electron chi connectivity index (χ1n) is 8.69. The van der Waals surface area contributed by atoms with Gasteiger partial charge in [0.2, 0.25) is 0 Å². The predicted octanol–water partition coefficient (Wildman–Crippen LogP) is 5.10. The molecule has 0 saturated carbocycles. The van der Waals surface area contributed by atoms with Gasteiger partial charge in [-0.25, -0.2) is 0 Å². The number of thiophene rings is 1. The summed E-state index contributed by atoms with van der Waals surface area (Å²) in [5.41, 5.74) is -0.522. The third kappa shape index (κ3) is 4.93. The first-order valence-corrected chi connectivity index (χ1v) is 12.4. The van der Waals surface area contributed by atoms with E-state index in [0.29, 0.717) is 16.5 Å². The lowest BCUT2D eigenvalue weighted by atomic mass is 9.74. The first-order chi connectivity index (χ1) is 11.2. The third-order valence-electron chi connectivity index (χ3n) is 5.24. The SMILES string of the molecule is CC(C)C(C#N)(CCCOCC(C)(C)[SiH](C)C)c1ccc(C#N)s1. The summed E-state index contributed by atoms with van der Waals surface area (Å²) >= 11 is 1.45. The van der Waals surface area contributed by atoms with Gasteiger partial charge < -0.3 is 4.74 Å². The largest absolute Gasteiger partial charge is 0.381 e. The molecule has 0 aliphatic rings. The van der Waals surface area contributed by atoms with Gasteiger partial charge in [-0.1, -0.05) is 40.8 Å². The number of rotatable bonds is 9. The molecule has 5 heteroatoms. The van der Waals surface area contributed by atoms with Crippen molar-refractivity contribution in [2.45, 2.75) is 64.1 Å². The van der Waals surface area contributed by atoms with E-state index in [0.717, 1.165) is 24.3 Å². The minimum atomic E-state index is -0.743. The molecular formula is C19H30N2OSSi. The van der Waals surface area contributed by atoms with Gasteiger partial charge in [0.05, 0.1) is 11.5 Å². The molecular weight excluding hydrogens is 332 g/mol. The van der Waals surface area contributed by atoms with E-state index in [9.17, 15) is 5.26 Å². The fraction of sp³-hybridized carbons (Fsp3) is 0.684. The van der Waals surface area contributed by atoms with E-state index in [-0.39, 0.29) is 5.92 Å². The molecule has 0 aliphatic carbocycles. The number of hydrogen-bond acceptors (Lipinski definition) is 4. The summed E-state index contributed by atoms with van der Waals surface area (Å²) in [7, 11) is -0.743. The zero-order valence-electron chi connectivity index (χ0n) is 15.8. The van der Waals surface area contributed by atoms with Gasteiger partial charge in [-0.2, -0.15) is 10.5 Å². The Kier molecular flexibility index (Phi) is 7.67. The summed E-state index contributed by atoms with van der Waals surface area (Å²) in [5.74, 6) is 0.201. The quantitative estimate of drug-likeness (QED) is 0.453. The second-order valence-corrected chi connectivity index (χ2v) is 12.8. The van der Waals surface area contributed by atoms with Crippen molar-refractivity contribution < 1.29 is 4.74 Å². The summed E-state index contributed by atoms with van der Waals surface area (Å²) in [5, 5.41) is 19.2. The molecule has 0 bridgehead atoms. The Labute approximate surface area is 152 Å². The highest BCUT2D eigenvalue weighted by Gasteiger charge is 2.37. The fourth-order valence-corrected chi connectivity index (χ4v) is 4.10. The molecule has 24 heavy (non-hydrogen) atoms. The molecule has 1 atom stereocenters. The van der Waals surface area contributed by atoms with E-state index < -0.39 is 14.2 Å². The summed E-state index contributed by atoms with van der Waals surface area (Å²) < 4.78 is 5.92. The standard InChI is InChI=1S/C19H30N2OSSi/c1-15(2)19(13-21,17-9-8-16(12-20)23-17)10-7-11-22-14-18(3,4)24(5)6/h8-9,15,24H,7,10-11,14H2,1-6H3. The summed E-state index contributed by atoms with van der Waals surface area (Å²) in [6.07, 6.45) is 1.63. The number of hydrogen-bond donors (Lipinski definition) is 0.